The Bertz CT molecular complexity index is 808. The van der Waals surface area contributed by atoms with Gasteiger partial charge in [-0.05, 0) is 42.7 Å². The first-order chi connectivity index (χ1) is 11.8. The van der Waals surface area contributed by atoms with Crippen LogP contribution in [0, 0.1) is 0 Å². The van der Waals surface area contributed by atoms with Gasteiger partial charge in [0.25, 0.3) is 0 Å². The van der Waals surface area contributed by atoms with Crippen LogP contribution < -0.4 is 4.74 Å². The standard InChI is InChI=1S/C20H21NO3/c1-23-18-9-10-19-17(14-18)11-12-21(19)15-20(22)24-13-5-8-16-6-3-2-4-7-16/h2-4,6-7,9-12,14H,5,8,13,15H2,1H3. The van der Waals surface area contributed by atoms with Crippen LogP contribution in [-0.2, 0) is 22.5 Å². The van der Waals surface area contributed by atoms with Crippen LogP contribution in [0.4, 0.5) is 0 Å². The number of benzene rings is 2. The van der Waals surface area contributed by atoms with Crippen molar-refractivity contribution in [3.05, 3.63) is 66.4 Å². The van der Waals surface area contributed by atoms with E-state index >= 15 is 0 Å². The van der Waals surface area contributed by atoms with Crippen molar-refractivity contribution in [3.63, 3.8) is 0 Å². The van der Waals surface area contributed by atoms with Gasteiger partial charge in [0.15, 0.2) is 0 Å². The van der Waals surface area contributed by atoms with Crippen molar-refractivity contribution < 1.29 is 14.3 Å². The van der Waals surface area contributed by atoms with Crippen LogP contribution in [0.3, 0.4) is 0 Å². The molecule has 124 valence electrons. The molecule has 24 heavy (non-hydrogen) atoms. The summed E-state index contributed by atoms with van der Waals surface area (Å²) in [4.78, 5) is 12.0. The minimum atomic E-state index is -0.212. The average Bonchev–Trinajstić information content (AvgIpc) is 3.01. The van der Waals surface area contributed by atoms with Gasteiger partial charge in [0, 0.05) is 17.1 Å². The molecule has 1 heterocycles. The summed E-state index contributed by atoms with van der Waals surface area (Å²) in [6.45, 7) is 0.669. The molecule has 0 saturated heterocycles. The molecule has 0 aliphatic carbocycles. The lowest BCUT2D eigenvalue weighted by atomic mass is 10.1. The Morgan fingerprint density at radius 3 is 2.71 bits per heavy atom. The number of carbonyl (C=O) groups excluding carboxylic acids is 1. The normalized spacial score (nSPS) is 10.7. The summed E-state index contributed by atoms with van der Waals surface area (Å²) in [5.74, 6) is 0.597. The number of rotatable bonds is 7. The van der Waals surface area contributed by atoms with Crippen LogP contribution >= 0.6 is 0 Å². The van der Waals surface area contributed by atoms with Gasteiger partial charge in [-0.2, -0.15) is 0 Å². The van der Waals surface area contributed by atoms with E-state index in [0.717, 1.165) is 29.5 Å². The highest BCUT2D eigenvalue weighted by Gasteiger charge is 2.08. The second-order valence-electron chi connectivity index (χ2n) is 5.68. The van der Waals surface area contributed by atoms with Crippen molar-refractivity contribution in [2.45, 2.75) is 19.4 Å². The summed E-state index contributed by atoms with van der Waals surface area (Å²) in [6.07, 6.45) is 3.65. The Balaban J connectivity index is 1.50. The third-order valence-corrected chi connectivity index (χ3v) is 3.99. The predicted molar refractivity (Wildman–Crippen MR) is 94.2 cm³/mol. The van der Waals surface area contributed by atoms with Gasteiger partial charge in [-0.1, -0.05) is 30.3 Å². The summed E-state index contributed by atoms with van der Waals surface area (Å²) >= 11 is 0. The van der Waals surface area contributed by atoms with Gasteiger partial charge < -0.3 is 14.0 Å². The van der Waals surface area contributed by atoms with E-state index in [-0.39, 0.29) is 12.5 Å². The van der Waals surface area contributed by atoms with Gasteiger partial charge in [-0.15, -0.1) is 0 Å². The molecular weight excluding hydrogens is 302 g/mol. The van der Waals surface area contributed by atoms with Gasteiger partial charge in [0.05, 0.1) is 13.7 Å². The van der Waals surface area contributed by atoms with E-state index in [4.69, 9.17) is 9.47 Å². The molecular formula is C20H21NO3. The number of methoxy groups -OCH3 is 1. The predicted octanol–water partition coefficient (Wildman–Crippen LogP) is 3.83. The van der Waals surface area contributed by atoms with Crippen LogP contribution in [0.5, 0.6) is 5.75 Å². The maximum absolute atomic E-state index is 12.0. The van der Waals surface area contributed by atoms with E-state index in [1.54, 1.807) is 7.11 Å². The summed E-state index contributed by atoms with van der Waals surface area (Å²) in [5.41, 5.74) is 2.26. The molecule has 3 rings (SSSR count). The monoisotopic (exact) mass is 323 g/mol. The first-order valence-electron chi connectivity index (χ1n) is 8.09. The largest absolute Gasteiger partial charge is 0.497 e. The molecule has 0 fully saturated rings. The van der Waals surface area contributed by atoms with E-state index < -0.39 is 0 Å². The number of hydrogen-bond acceptors (Lipinski definition) is 3. The Morgan fingerprint density at radius 2 is 1.92 bits per heavy atom. The van der Waals surface area contributed by atoms with Crippen LogP contribution in [-0.4, -0.2) is 24.3 Å². The van der Waals surface area contributed by atoms with Crippen LogP contribution in [0.25, 0.3) is 10.9 Å². The third-order valence-electron chi connectivity index (χ3n) is 3.99. The fourth-order valence-corrected chi connectivity index (χ4v) is 2.73. The zero-order valence-corrected chi connectivity index (χ0v) is 13.8. The Labute approximate surface area is 141 Å². The number of nitrogens with zero attached hydrogens (tertiary/aromatic N) is 1. The van der Waals surface area contributed by atoms with Gasteiger partial charge in [-0.3, -0.25) is 4.79 Å². The number of carbonyl (C=O) groups is 1. The zero-order valence-electron chi connectivity index (χ0n) is 13.8. The molecule has 0 amide bonds. The topological polar surface area (TPSA) is 40.5 Å². The molecule has 0 N–H and O–H groups in total. The lowest BCUT2D eigenvalue weighted by Crippen LogP contribution is -2.13. The van der Waals surface area contributed by atoms with E-state index in [9.17, 15) is 4.79 Å². The van der Waals surface area contributed by atoms with E-state index in [0.29, 0.717) is 6.61 Å². The molecule has 0 spiro atoms. The third kappa shape index (κ3) is 3.96. The number of aromatic nitrogens is 1. The summed E-state index contributed by atoms with van der Waals surface area (Å²) in [6, 6.07) is 18.0. The molecule has 0 radical (unpaired) electrons. The van der Waals surface area contributed by atoms with Crippen LogP contribution in [0.15, 0.2) is 60.8 Å². The maximum Gasteiger partial charge on any atom is 0.325 e. The summed E-state index contributed by atoms with van der Waals surface area (Å²) in [5, 5.41) is 1.05. The molecule has 0 bridgehead atoms. The van der Waals surface area contributed by atoms with Gasteiger partial charge in [-0.25, -0.2) is 0 Å². The fourth-order valence-electron chi connectivity index (χ4n) is 2.73. The van der Waals surface area contributed by atoms with Gasteiger partial charge >= 0.3 is 5.97 Å². The molecule has 0 atom stereocenters. The first-order valence-corrected chi connectivity index (χ1v) is 8.09. The number of aryl methyl sites for hydroxylation is 1. The molecule has 4 nitrogen and oxygen atoms in total. The van der Waals surface area contributed by atoms with Crippen molar-refractivity contribution in [3.8, 4) is 5.75 Å². The minimum absolute atomic E-state index is 0.212. The Morgan fingerprint density at radius 1 is 1.08 bits per heavy atom. The van der Waals surface area contributed by atoms with Crippen molar-refractivity contribution in [2.75, 3.05) is 13.7 Å². The molecule has 0 aliphatic rings. The molecule has 2 aromatic carbocycles. The number of ether oxygens (including phenoxy) is 2. The SMILES string of the molecule is COc1ccc2c(ccn2CC(=O)OCCCc2ccccc2)c1. The number of fused-ring (bicyclic) bond motifs is 1. The summed E-state index contributed by atoms with van der Waals surface area (Å²) < 4.78 is 12.5. The highest BCUT2D eigenvalue weighted by molar-refractivity contribution is 5.83. The van der Waals surface area contributed by atoms with Gasteiger partial charge in [0.2, 0.25) is 0 Å². The van der Waals surface area contributed by atoms with E-state index in [2.05, 4.69) is 12.1 Å². The van der Waals surface area contributed by atoms with Crippen LogP contribution in [0.2, 0.25) is 0 Å². The lowest BCUT2D eigenvalue weighted by Gasteiger charge is -2.07. The molecule has 1 aromatic heterocycles. The van der Waals surface area contributed by atoms with Crippen LogP contribution in [0.1, 0.15) is 12.0 Å². The van der Waals surface area contributed by atoms with Crippen molar-refractivity contribution in [1.82, 2.24) is 4.57 Å². The Kier molecular flexibility index (Phi) is 5.16. The maximum atomic E-state index is 12.0. The highest BCUT2D eigenvalue weighted by Crippen LogP contribution is 2.21. The second-order valence-corrected chi connectivity index (χ2v) is 5.68. The summed E-state index contributed by atoms with van der Waals surface area (Å²) in [7, 11) is 1.64. The quantitative estimate of drug-likeness (QED) is 0.490. The molecule has 0 saturated carbocycles. The van der Waals surface area contributed by atoms with Crippen molar-refractivity contribution >= 4 is 16.9 Å². The molecule has 0 aliphatic heterocycles. The van der Waals surface area contributed by atoms with E-state index in [1.807, 2.05) is 53.2 Å². The smallest absolute Gasteiger partial charge is 0.325 e. The fraction of sp³-hybridized carbons (Fsp3) is 0.250. The number of hydrogen-bond donors (Lipinski definition) is 0. The molecule has 3 aromatic rings. The molecule has 4 heteroatoms. The Hall–Kier alpha value is -2.75. The molecule has 0 unspecified atom stereocenters. The van der Waals surface area contributed by atoms with E-state index in [1.165, 1.54) is 5.56 Å². The van der Waals surface area contributed by atoms with Crippen molar-refractivity contribution in [2.24, 2.45) is 0 Å². The highest BCUT2D eigenvalue weighted by atomic mass is 16.5. The second kappa shape index (κ2) is 7.68. The lowest BCUT2D eigenvalue weighted by molar-refractivity contribution is -0.144. The van der Waals surface area contributed by atoms with Crippen molar-refractivity contribution in [1.29, 1.82) is 0 Å². The average molecular weight is 323 g/mol. The minimum Gasteiger partial charge on any atom is -0.497 e. The first kappa shape index (κ1) is 16.1. The number of esters is 1. The van der Waals surface area contributed by atoms with Gasteiger partial charge in [0.1, 0.15) is 12.3 Å². The zero-order chi connectivity index (χ0) is 16.8.